The van der Waals surface area contributed by atoms with Gasteiger partial charge in [-0.25, -0.2) is 4.98 Å². The number of pyridine rings is 1. The number of ketones is 1. The SMILES string of the molecule is CC(=O)c1ccc(-c2nnc(SCCCN3CC[C@]4(C[C@@H]4c4ccc(C(F)(F)F)cc4)C3)n2C)c(C)n1. The number of Topliss-reactive ketones (excluding diaryl/α,β-unsaturated/α-hetero) is 1. The number of hydrogen-bond donors (Lipinski definition) is 0. The van der Waals surface area contributed by atoms with Gasteiger partial charge in [-0.15, -0.1) is 10.2 Å². The molecule has 1 saturated carbocycles. The van der Waals surface area contributed by atoms with E-state index in [4.69, 9.17) is 0 Å². The molecule has 2 atom stereocenters. The summed E-state index contributed by atoms with van der Waals surface area (Å²) in [5.74, 6) is 1.95. The van der Waals surface area contributed by atoms with E-state index in [0.717, 1.165) is 72.5 Å². The van der Waals surface area contributed by atoms with Crippen molar-refractivity contribution in [3.05, 3.63) is 58.9 Å². The Balaban J connectivity index is 1.10. The molecule has 0 N–H and O–H groups in total. The van der Waals surface area contributed by atoms with E-state index in [9.17, 15) is 18.0 Å². The van der Waals surface area contributed by atoms with Crippen LogP contribution in [0.3, 0.4) is 0 Å². The van der Waals surface area contributed by atoms with E-state index < -0.39 is 11.7 Å². The molecule has 2 aromatic heterocycles. The number of carbonyl (C=O) groups excluding carboxylic acids is 1. The number of hydrogen-bond acceptors (Lipinski definition) is 6. The summed E-state index contributed by atoms with van der Waals surface area (Å²) in [4.78, 5) is 18.5. The second-order valence-corrected chi connectivity index (χ2v) is 11.3. The molecule has 6 nitrogen and oxygen atoms in total. The highest BCUT2D eigenvalue weighted by Crippen LogP contribution is 2.64. The third-order valence-electron chi connectivity index (χ3n) is 7.67. The number of likely N-dealkylation sites (tertiary alicyclic amines) is 1. The van der Waals surface area contributed by atoms with Gasteiger partial charge in [-0.1, -0.05) is 23.9 Å². The van der Waals surface area contributed by atoms with Gasteiger partial charge < -0.3 is 9.47 Å². The number of thioether (sulfide) groups is 1. The van der Waals surface area contributed by atoms with Crippen molar-refractivity contribution in [1.82, 2.24) is 24.6 Å². The van der Waals surface area contributed by atoms with Gasteiger partial charge in [-0.2, -0.15) is 13.2 Å². The lowest BCUT2D eigenvalue weighted by molar-refractivity contribution is -0.137. The number of aryl methyl sites for hydroxylation is 1. The van der Waals surface area contributed by atoms with E-state index in [1.807, 2.05) is 24.6 Å². The van der Waals surface area contributed by atoms with Crippen molar-refractivity contribution in [2.45, 2.75) is 50.4 Å². The normalized spacial score (nSPS) is 21.6. The van der Waals surface area contributed by atoms with Gasteiger partial charge in [0, 0.05) is 37.5 Å². The summed E-state index contributed by atoms with van der Waals surface area (Å²) in [6.07, 6.45) is -1.10. The van der Waals surface area contributed by atoms with Crippen LogP contribution in [0.4, 0.5) is 13.2 Å². The topological polar surface area (TPSA) is 63.9 Å². The third kappa shape index (κ3) is 5.31. The zero-order valence-corrected chi connectivity index (χ0v) is 22.0. The lowest BCUT2D eigenvalue weighted by Gasteiger charge is -2.16. The quantitative estimate of drug-likeness (QED) is 0.210. The Morgan fingerprint density at radius 1 is 1.16 bits per heavy atom. The summed E-state index contributed by atoms with van der Waals surface area (Å²) in [5.41, 5.74) is 2.74. The van der Waals surface area contributed by atoms with Gasteiger partial charge in [-0.05, 0) is 80.4 Å². The summed E-state index contributed by atoms with van der Waals surface area (Å²) in [6.45, 7) is 6.42. The maximum Gasteiger partial charge on any atom is 0.416 e. The smallest absolute Gasteiger partial charge is 0.305 e. The van der Waals surface area contributed by atoms with Crippen molar-refractivity contribution in [3.8, 4) is 11.4 Å². The predicted octanol–water partition coefficient (Wildman–Crippen LogP) is 5.77. The fourth-order valence-corrected chi connectivity index (χ4v) is 6.30. The fraction of sp³-hybridized carbons (Fsp3) is 0.481. The van der Waals surface area contributed by atoms with Crippen LogP contribution in [-0.4, -0.2) is 55.8 Å². The Morgan fingerprint density at radius 2 is 1.92 bits per heavy atom. The van der Waals surface area contributed by atoms with Gasteiger partial charge in [0.05, 0.1) is 5.56 Å². The molecule has 1 saturated heterocycles. The zero-order valence-electron chi connectivity index (χ0n) is 21.2. The minimum atomic E-state index is -4.29. The van der Waals surface area contributed by atoms with E-state index in [2.05, 4.69) is 20.1 Å². The molecule has 0 unspecified atom stereocenters. The van der Waals surface area contributed by atoms with Crippen molar-refractivity contribution in [1.29, 1.82) is 0 Å². The molecule has 1 aliphatic heterocycles. The van der Waals surface area contributed by atoms with Crippen molar-refractivity contribution >= 4 is 17.5 Å². The molecule has 196 valence electrons. The zero-order chi connectivity index (χ0) is 26.4. The molecular weight excluding hydrogens is 499 g/mol. The van der Waals surface area contributed by atoms with E-state index >= 15 is 0 Å². The molecular formula is C27H30F3N5OS. The minimum absolute atomic E-state index is 0.0652. The molecule has 0 radical (unpaired) electrons. The average Bonchev–Trinajstić information content (AvgIpc) is 3.21. The lowest BCUT2D eigenvalue weighted by Crippen LogP contribution is -2.23. The van der Waals surface area contributed by atoms with Crippen LogP contribution in [0, 0.1) is 12.3 Å². The Labute approximate surface area is 218 Å². The number of rotatable bonds is 8. The van der Waals surface area contributed by atoms with Crippen LogP contribution in [0.25, 0.3) is 11.4 Å². The largest absolute Gasteiger partial charge is 0.416 e. The highest BCUT2D eigenvalue weighted by Gasteiger charge is 2.57. The fourth-order valence-electron chi connectivity index (χ4n) is 5.47. The summed E-state index contributed by atoms with van der Waals surface area (Å²) < 4.78 is 40.6. The summed E-state index contributed by atoms with van der Waals surface area (Å²) in [6, 6.07) is 9.33. The van der Waals surface area contributed by atoms with E-state index in [-0.39, 0.29) is 11.2 Å². The molecule has 2 fully saturated rings. The van der Waals surface area contributed by atoms with Gasteiger partial charge in [0.15, 0.2) is 16.8 Å². The minimum Gasteiger partial charge on any atom is -0.305 e. The molecule has 2 aliphatic rings. The van der Waals surface area contributed by atoms with Gasteiger partial charge in [0.2, 0.25) is 0 Å². The first-order valence-electron chi connectivity index (χ1n) is 12.5. The molecule has 0 bridgehead atoms. The van der Waals surface area contributed by atoms with Crippen LogP contribution in [0.1, 0.15) is 59.4 Å². The maximum absolute atomic E-state index is 12.9. The number of nitrogens with zero attached hydrogens (tertiary/aromatic N) is 5. The molecule has 1 spiro atoms. The molecule has 37 heavy (non-hydrogen) atoms. The van der Waals surface area contributed by atoms with Crippen molar-refractivity contribution < 1.29 is 18.0 Å². The second-order valence-electron chi connectivity index (χ2n) is 10.2. The summed E-state index contributed by atoms with van der Waals surface area (Å²) in [7, 11) is 1.94. The van der Waals surface area contributed by atoms with E-state index in [0.29, 0.717) is 11.6 Å². The van der Waals surface area contributed by atoms with E-state index in [1.54, 1.807) is 30.0 Å². The molecule has 1 aliphatic carbocycles. The number of aromatic nitrogens is 4. The van der Waals surface area contributed by atoms with Gasteiger partial charge in [-0.3, -0.25) is 4.79 Å². The first-order chi connectivity index (χ1) is 17.6. The number of alkyl halides is 3. The second kappa shape index (κ2) is 9.87. The summed E-state index contributed by atoms with van der Waals surface area (Å²) in [5, 5.41) is 9.55. The summed E-state index contributed by atoms with van der Waals surface area (Å²) >= 11 is 1.67. The van der Waals surface area contributed by atoms with Crippen LogP contribution < -0.4 is 0 Å². The van der Waals surface area contributed by atoms with Crippen molar-refractivity contribution in [3.63, 3.8) is 0 Å². The Bertz CT molecular complexity index is 1310. The molecule has 3 heterocycles. The molecule has 0 amide bonds. The van der Waals surface area contributed by atoms with Crippen molar-refractivity contribution in [2.24, 2.45) is 12.5 Å². The third-order valence-corrected chi connectivity index (χ3v) is 8.77. The maximum atomic E-state index is 12.9. The van der Waals surface area contributed by atoms with Gasteiger partial charge in [0.1, 0.15) is 5.69 Å². The van der Waals surface area contributed by atoms with Gasteiger partial charge >= 0.3 is 6.18 Å². The lowest BCUT2D eigenvalue weighted by atomic mass is 9.97. The standard InChI is InChI=1S/C27H30F3N5OS/c1-17-21(9-10-23(31-17)18(2)36)24-32-33-25(34(24)3)37-14-4-12-35-13-11-26(16-35)15-22(26)19-5-7-20(8-6-19)27(28,29)30/h5-10,22H,4,11-16H2,1-3H3/t22-,26+/m1/s1. The first kappa shape index (κ1) is 25.9. The predicted molar refractivity (Wildman–Crippen MR) is 137 cm³/mol. The Morgan fingerprint density at radius 3 is 2.59 bits per heavy atom. The molecule has 3 aromatic rings. The van der Waals surface area contributed by atoms with Crippen LogP contribution in [0.5, 0.6) is 0 Å². The monoisotopic (exact) mass is 529 g/mol. The van der Waals surface area contributed by atoms with Crippen molar-refractivity contribution in [2.75, 3.05) is 25.4 Å². The number of benzene rings is 1. The number of halogens is 3. The van der Waals surface area contributed by atoms with Crippen LogP contribution in [0.15, 0.2) is 41.6 Å². The highest BCUT2D eigenvalue weighted by molar-refractivity contribution is 7.99. The Kier molecular flexibility index (Phi) is 6.91. The molecule has 1 aromatic carbocycles. The van der Waals surface area contributed by atoms with Gasteiger partial charge in [0.25, 0.3) is 0 Å². The molecule has 10 heteroatoms. The average molecular weight is 530 g/mol. The van der Waals surface area contributed by atoms with Crippen LogP contribution >= 0.6 is 11.8 Å². The Hall–Kier alpha value is -2.72. The van der Waals surface area contributed by atoms with Crippen LogP contribution in [0.2, 0.25) is 0 Å². The highest BCUT2D eigenvalue weighted by atomic mass is 32.2. The van der Waals surface area contributed by atoms with Crippen LogP contribution in [-0.2, 0) is 13.2 Å². The number of carbonyl (C=O) groups is 1. The first-order valence-corrected chi connectivity index (χ1v) is 13.5. The van der Waals surface area contributed by atoms with E-state index in [1.165, 1.54) is 19.1 Å². The molecule has 5 rings (SSSR count).